The number of anilines is 3. The second-order valence-electron chi connectivity index (χ2n) is 12.5. The summed E-state index contributed by atoms with van der Waals surface area (Å²) >= 11 is 1.49. The number of rotatable bonds is 6. The molecule has 0 bridgehead atoms. The lowest BCUT2D eigenvalue weighted by Gasteiger charge is -2.26. The lowest BCUT2D eigenvalue weighted by molar-refractivity contribution is -0.0500. The zero-order valence-electron chi connectivity index (χ0n) is 26.3. The van der Waals surface area contributed by atoms with Gasteiger partial charge in [0.1, 0.15) is 5.75 Å². The first kappa shape index (κ1) is 31.2. The van der Waals surface area contributed by atoms with Crippen LogP contribution in [0.4, 0.5) is 30.2 Å². The Hall–Kier alpha value is -5.12. The maximum Gasteiger partial charge on any atom is 0.534 e. The number of para-hydroxylation sites is 2. The molecule has 1 heterocycles. The minimum atomic E-state index is -5.94. The molecule has 0 aliphatic heterocycles. The van der Waals surface area contributed by atoms with Gasteiger partial charge in [0.2, 0.25) is 0 Å². The van der Waals surface area contributed by atoms with Crippen LogP contribution in [0.5, 0.6) is 5.75 Å². The predicted octanol–water partition coefficient (Wildman–Crippen LogP) is 11.7. The van der Waals surface area contributed by atoms with Gasteiger partial charge in [-0.05, 0) is 75.8 Å². The molecule has 6 aromatic carbocycles. The van der Waals surface area contributed by atoms with Gasteiger partial charge in [0.05, 0.1) is 10.4 Å². The van der Waals surface area contributed by atoms with Crippen LogP contribution >= 0.6 is 11.3 Å². The summed E-state index contributed by atoms with van der Waals surface area (Å²) in [6, 6.07) is 42.4. The number of nitrogens with zero attached hydrogens (tertiary/aromatic N) is 1. The molecule has 1 aliphatic rings. The van der Waals surface area contributed by atoms with Gasteiger partial charge in [-0.1, -0.05) is 98.8 Å². The highest BCUT2D eigenvalue weighted by molar-refractivity contribution is 7.88. The Labute approximate surface area is 285 Å². The van der Waals surface area contributed by atoms with Crippen molar-refractivity contribution in [3.63, 3.8) is 0 Å². The zero-order valence-corrected chi connectivity index (χ0v) is 28.0. The molecule has 1 aliphatic carbocycles. The third-order valence-corrected chi connectivity index (χ3v) is 11.4. The predicted molar refractivity (Wildman–Crippen MR) is 193 cm³/mol. The molecule has 4 nitrogen and oxygen atoms in total. The van der Waals surface area contributed by atoms with Gasteiger partial charge in [-0.2, -0.15) is 21.6 Å². The third-order valence-electron chi connectivity index (χ3n) is 9.17. The quantitative estimate of drug-likeness (QED) is 0.129. The number of hydrogen-bond donors (Lipinski definition) is 0. The highest BCUT2D eigenvalue weighted by atomic mass is 32.2. The Morgan fingerprint density at radius 3 is 1.96 bits per heavy atom. The molecule has 0 saturated heterocycles. The summed E-state index contributed by atoms with van der Waals surface area (Å²) in [5, 5.41) is 1.36. The minimum Gasteiger partial charge on any atom is -0.376 e. The first-order valence-corrected chi connectivity index (χ1v) is 17.8. The Kier molecular flexibility index (Phi) is 7.14. The van der Waals surface area contributed by atoms with E-state index in [4.69, 9.17) is 4.18 Å². The molecule has 0 fully saturated rings. The smallest absolute Gasteiger partial charge is 0.376 e. The molecule has 244 valence electrons. The topological polar surface area (TPSA) is 46.6 Å². The van der Waals surface area contributed by atoms with Crippen LogP contribution in [-0.2, 0) is 15.5 Å². The van der Waals surface area contributed by atoms with Crippen LogP contribution in [-0.4, -0.2) is 13.9 Å². The highest BCUT2D eigenvalue weighted by Gasteiger charge is 2.48. The van der Waals surface area contributed by atoms with Crippen LogP contribution in [0.1, 0.15) is 25.0 Å². The number of hydrogen-bond acceptors (Lipinski definition) is 5. The van der Waals surface area contributed by atoms with E-state index in [9.17, 15) is 21.6 Å². The molecule has 9 heteroatoms. The third kappa shape index (κ3) is 5.07. The number of alkyl halides is 3. The molecule has 0 N–H and O–H groups in total. The molecule has 0 spiro atoms. The molecule has 0 radical (unpaired) electrons. The molecule has 7 aromatic rings. The minimum absolute atomic E-state index is 0.264. The van der Waals surface area contributed by atoms with Gasteiger partial charge >= 0.3 is 15.6 Å². The van der Waals surface area contributed by atoms with Gasteiger partial charge in [0.25, 0.3) is 0 Å². The molecule has 8 rings (SSSR count). The van der Waals surface area contributed by atoms with E-state index >= 15 is 0 Å². The van der Waals surface area contributed by atoms with E-state index in [2.05, 4.69) is 50.2 Å². The van der Waals surface area contributed by atoms with Crippen LogP contribution in [0.3, 0.4) is 0 Å². The summed E-state index contributed by atoms with van der Waals surface area (Å²) in [4.78, 5) is 1.90. The highest BCUT2D eigenvalue weighted by Crippen LogP contribution is 2.53. The first-order chi connectivity index (χ1) is 23.4. The fourth-order valence-electron chi connectivity index (χ4n) is 7.06. The van der Waals surface area contributed by atoms with E-state index in [1.54, 1.807) is 0 Å². The van der Waals surface area contributed by atoms with Gasteiger partial charge < -0.3 is 9.08 Å². The lowest BCUT2D eigenvalue weighted by atomic mass is 9.79. The summed E-state index contributed by atoms with van der Waals surface area (Å²) in [5.41, 5.74) is 2.94. The van der Waals surface area contributed by atoms with E-state index in [0.717, 1.165) is 37.3 Å². The fourth-order valence-corrected chi connectivity index (χ4v) is 8.67. The molecular formula is C40H28F3NO3S2. The Morgan fingerprint density at radius 2 is 1.29 bits per heavy atom. The van der Waals surface area contributed by atoms with Crippen molar-refractivity contribution in [1.82, 2.24) is 0 Å². The summed E-state index contributed by atoms with van der Waals surface area (Å²) in [5.74, 6) is -0.432. The zero-order chi connectivity index (χ0) is 34.1. The Morgan fingerprint density at radius 1 is 0.673 bits per heavy atom. The summed E-state index contributed by atoms with van der Waals surface area (Å²) in [6.45, 7) is 4.44. The molecular weight excluding hydrogens is 664 g/mol. The van der Waals surface area contributed by atoms with Crippen molar-refractivity contribution < 1.29 is 25.8 Å². The van der Waals surface area contributed by atoms with Crippen molar-refractivity contribution in [2.45, 2.75) is 24.8 Å². The molecule has 0 unspecified atom stereocenters. The summed E-state index contributed by atoms with van der Waals surface area (Å²) < 4.78 is 71.9. The normalized spacial score (nSPS) is 13.7. The molecule has 0 saturated carbocycles. The average molecular weight is 692 g/mol. The van der Waals surface area contributed by atoms with Gasteiger partial charge in [0, 0.05) is 38.3 Å². The molecule has 1 aromatic heterocycles. The number of benzene rings is 6. The van der Waals surface area contributed by atoms with Crippen molar-refractivity contribution in [2.24, 2.45) is 0 Å². The maximum absolute atomic E-state index is 13.6. The summed E-state index contributed by atoms with van der Waals surface area (Å²) in [6.07, 6.45) is 0. The lowest BCUT2D eigenvalue weighted by Crippen LogP contribution is -2.28. The van der Waals surface area contributed by atoms with Crippen molar-refractivity contribution in [3.05, 3.63) is 145 Å². The number of thiophene rings is 1. The van der Waals surface area contributed by atoms with Gasteiger partial charge in [0.15, 0.2) is 0 Å². The van der Waals surface area contributed by atoms with Gasteiger partial charge in [-0.15, -0.1) is 11.3 Å². The molecule has 0 atom stereocenters. The molecule has 0 amide bonds. The van der Waals surface area contributed by atoms with Crippen LogP contribution in [0.2, 0.25) is 0 Å². The second kappa shape index (κ2) is 11.2. The van der Waals surface area contributed by atoms with E-state index < -0.39 is 21.4 Å². The summed E-state index contributed by atoms with van der Waals surface area (Å²) in [7, 11) is -5.94. The Bertz CT molecular complexity index is 2470. The first-order valence-electron chi connectivity index (χ1n) is 15.6. The number of halogens is 3. The van der Waals surface area contributed by atoms with E-state index in [-0.39, 0.29) is 5.41 Å². The fraction of sp³-hybridized carbons (Fsp3) is 0.100. The maximum atomic E-state index is 13.6. The standard InChI is InChI=1S/C40H28F3NO3S2/c1-39(2)34-19-10-9-16-30(34)31-18-11-17-29(37(31)39)25-20-21-36-32(22-25)33-23-28(47-49(45,46)40(41,42)43)24-35(38(33)48-36)44(26-12-5-3-6-13-26)27-14-7-4-8-15-27/h3-24H,1-2H3. The van der Waals surface area contributed by atoms with Crippen LogP contribution < -0.4 is 9.08 Å². The molecule has 49 heavy (non-hydrogen) atoms. The van der Waals surface area contributed by atoms with Crippen LogP contribution in [0.15, 0.2) is 133 Å². The van der Waals surface area contributed by atoms with E-state index in [1.165, 1.54) is 45.7 Å². The monoisotopic (exact) mass is 691 g/mol. The van der Waals surface area contributed by atoms with Crippen molar-refractivity contribution in [3.8, 4) is 28.0 Å². The van der Waals surface area contributed by atoms with Crippen molar-refractivity contribution in [2.75, 3.05) is 4.90 Å². The average Bonchev–Trinajstić information content (AvgIpc) is 3.57. The SMILES string of the molecule is CC1(C)c2ccccc2-c2cccc(-c3ccc4sc5c(N(c6ccccc6)c6ccccc6)cc(OS(=O)(=O)C(F)(F)F)cc5c4c3)c21. The van der Waals surface area contributed by atoms with Crippen molar-refractivity contribution in [1.29, 1.82) is 0 Å². The van der Waals surface area contributed by atoms with Crippen molar-refractivity contribution >= 4 is 58.7 Å². The van der Waals surface area contributed by atoms with E-state index in [1.807, 2.05) is 89.8 Å². The van der Waals surface area contributed by atoms with Crippen LogP contribution in [0, 0.1) is 0 Å². The van der Waals surface area contributed by atoms with Gasteiger partial charge in [-0.3, -0.25) is 0 Å². The Balaban J connectivity index is 1.39. The van der Waals surface area contributed by atoms with Gasteiger partial charge in [-0.25, -0.2) is 0 Å². The van der Waals surface area contributed by atoms with Crippen LogP contribution in [0.25, 0.3) is 42.4 Å². The van der Waals surface area contributed by atoms with E-state index in [0.29, 0.717) is 11.1 Å². The largest absolute Gasteiger partial charge is 0.534 e. The second-order valence-corrected chi connectivity index (χ2v) is 15.1. The number of fused-ring (bicyclic) bond motifs is 6.